The van der Waals surface area contributed by atoms with E-state index in [1.165, 1.54) is 0 Å². The van der Waals surface area contributed by atoms with Crippen molar-refractivity contribution in [2.75, 3.05) is 24.5 Å². The zero-order chi connectivity index (χ0) is 25.7. The molecule has 2 heterocycles. The van der Waals surface area contributed by atoms with E-state index in [-0.39, 0.29) is 31.4 Å². The van der Waals surface area contributed by atoms with Gasteiger partial charge in [0, 0.05) is 25.6 Å². The number of carbonyl (C=O) groups is 1. The summed E-state index contributed by atoms with van der Waals surface area (Å²) >= 11 is 0. The van der Waals surface area contributed by atoms with E-state index in [4.69, 9.17) is 9.47 Å². The third-order valence-corrected chi connectivity index (χ3v) is 6.97. The Bertz CT molecular complexity index is 1190. The number of aromatic nitrogens is 1. The maximum atomic E-state index is 14.6. The van der Waals surface area contributed by atoms with Gasteiger partial charge in [0.05, 0.1) is 12.6 Å². The van der Waals surface area contributed by atoms with E-state index >= 15 is 0 Å². The van der Waals surface area contributed by atoms with Gasteiger partial charge in [-0.1, -0.05) is 67.1 Å². The maximum absolute atomic E-state index is 14.6. The molecular weight excluding hydrogens is 476 g/mol. The Morgan fingerprint density at radius 3 is 2.19 bits per heavy atom. The summed E-state index contributed by atoms with van der Waals surface area (Å²) in [6, 6.07) is 22.0. The van der Waals surface area contributed by atoms with E-state index in [0.29, 0.717) is 44.1 Å². The maximum Gasteiger partial charge on any atom is 0.263 e. The third-order valence-electron chi connectivity index (χ3n) is 6.97. The molecule has 8 heteroatoms. The molecule has 2 aliphatic rings. The zero-order valence-corrected chi connectivity index (χ0v) is 20.7. The number of halogens is 2. The van der Waals surface area contributed by atoms with Crippen molar-refractivity contribution in [3.63, 3.8) is 0 Å². The molecule has 1 unspecified atom stereocenters. The van der Waals surface area contributed by atoms with Crippen LogP contribution in [-0.2, 0) is 18.0 Å². The number of hydrogen-bond donors (Lipinski definition) is 0. The van der Waals surface area contributed by atoms with Gasteiger partial charge in [-0.2, -0.15) is 4.98 Å². The Morgan fingerprint density at radius 1 is 0.865 bits per heavy atom. The molecule has 0 N–H and O–H groups in total. The van der Waals surface area contributed by atoms with E-state index in [0.717, 1.165) is 17.5 Å². The molecule has 0 bridgehead atoms. The number of amides is 1. The molecule has 6 nitrogen and oxygen atoms in total. The first-order valence-corrected chi connectivity index (χ1v) is 12.8. The number of alkyl halides is 2. The zero-order valence-electron chi connectivity index (χ0n) is 20.7. The number of rotatable bonds is 8. The summed E-state index contributed by atoms with van der Waals surface area (Å²) in [5, 5.41) is 0. The van der Waals surface area contributed by atoms with Crippen LogP contribution < -0.4 is 14.4 Å². The smallest absolute Gasteiger partial charge is 0.263 e. The minimum absolute atomic E-state index is 0.0510. The van der Waals surface area contributed by atoms with Gasteiger partial charge in [0.2, 0.25) is 17.7 Å². The summed E-state index contributed by atoms with van der Waals surface area (Å²) in [5.41, 5.74) is 2.48. The number of carbonyl (C=O) groups excluding carboxylic acids is 1. The first kappa shape index (κ1) is 25.1. The number of nitrogens with zero attached hydrogens (tertiary/aromatic N) is 3. The van der Waals surface area contributed by atoms with Crippen LogP contribution in [0.25, 0.3) is 0 Å². The first-order valence-electron chi connectivity index (χ1n) is 12.8. The molecule has 1 amide bonds. The van der Waals surface area contributed by atoms with Crippen LogP contribution in [0, 0.1) is 0 Å². The van der Waals surface area contributed by atoms with Crippen LogP contribution in [0.2, 0.25) is 0 Å². The molecule has 3 aromatic rings. The van der Waals surface area contributed by atoms with E-state index in [9.17, 15) is 13.6 Å². The standard InChI is InChI=1S/C29H31F2N3O3/c30-29(31)16-8-7-13-25(29)33-17-18-34(27(35)19-33)24-14-15-26(36-20-22-9-3-1-4-10-22)32-28(24)37-21-23-11-5-2-6-12-23/h1-6,9-12,14-15,25H,7-8,13,16-21H2. The lowest BCUT2D eigenvalue weighted by atomic mass is 9.90. The average Bonchev–Trinajstić information content (AvgIpc) is 2.92. The lowest BCUT2D eigenvalue weighted by Crippen LogP contribution is -2.58. The van der Waals surface area contributed by atoms with Crippen molar-refractivity contribution in [3.8, 4) is 11.8 Å². The number of ether oxygens (including phenoxy) is 2. The topological polar surface area (TPSA) is 54.9 Å². The Labute approximate surface area is 215 Å². The van der Waals surface area contributed by atoms with Gasteiger partial charge < -0.3 is 14.4 Å². The van der Waals surface area contributed by atoms with Gasteiger partial charge >= 0.3 is 0 Å². The van der Waals surface area contributed by atoms with Gasteiger partial charge in [-0.25, -0.2) is 8.78 Å². The van der Waals surface area contributed by atoms with E-state index in [1.807, 2.05) is 60.7 Å². The van der Waals surface area contributed by atoms with E-state index in [1.54, 1.807) is 21.9 Å². The summed E-state index contributed by atoms with van der Waals surface area (Å²) in [4.78, 5) is 21.0. The largest absolute Gasteiger partial charge is 0.473 e. The van der Waals surface area contributed by atoms with Crippen molar-refractivity contribution in [3.05, 3.63) is 83.9 Å². The number of benzene rings is 2. The molecule has 2 fully saturated rings. The number of piperazine rings is 1. The molecule has 1 aliphatic carbocycles. The molecular formula is C29H31F2N3O3. The highest BCUT2D eigenvalue weighted by atomic mass is 19.3. The molecule has 194 valence electrons. The monoisotopic (exact) mass is 507 g/mol. The summed E-state index contributed by atoms with van der Waals surface area (Å²) in [5.74, 6) is -2.34. The molecule has 1 aromatic heterocycles. The van der Waals surface area contributed by atoms with Crippen molar-refractivity contribution < 1.29 is 23.0 Å². The Balaban J connectivity index is 1.33. The molecule has 1 saturated carbocycles. The number of anilines is 1. The highest BCUT2D eigenvalue weighted by molar-refractivity contribution is 5.96. The summed E-state index contributed by atoms with van der Waals surface area (Å²) in [7, 11) is 0. The van der Waals surface area contributed by atoms with Gasteiger partial charge in [-0.05, 0) is 30.0 Å². The molecule has 1 atom stereocenters. The molecule has 0 radical (unpaired) electrons. The summed E-state index contributed by atoms with van der Waals surface area (Å²) in [6.45, 7) is 1.23. The molecule has 0 spiro atoms. The van der Waals surface area contributed by atoms with Crippen molar-refractivity contribution >= 4 is 11.6 Å². The second-order valence-corrected chi connectivity index (χ2v) is 9.56. The molecule has 2 aromatic carbocycles. The van der Waals surface area contributed by atoms with Crippen LogP contribution in [0.1, 0.15) is 36.8 Å². The van der Waals surface area contributed by atoms with Gasteiger partial charge in [0.15, 0.2) is 0 Å². The molecule has 5 rings (SSSR count). The lowest BCUT2D eigenvalue weighted by molar-refractivity contribution is -0.132. The minimum atomic E-state index is -2.76. The van der Waals surface area contributed by atoms with Crippen LogP contribution in [-0.4, -0.2) is 47.4 Å². The van der Waals surface area contributed by atoms with Crippen LogP contribution >= 0.6 is 0 Å². The average molecular weight is 508 g/mol. The van der Waals surface area contributed by atoms with E-state index < -0.39 is 12.0 Å². The Kier molecular flexibility index (Phi) is 7.65. The minimum Gasteiger partial charge on any atom is -0.473 e. The van der Waals surface area contributed by atoms with Crippen LogP contribution in [0.3, 0.4) is 0 Å². The predicted molar refractivity (Wildman–Crippen MR) is 137 cm³/mol. The highest BCUT2D eigenvalue weighted by Gasteiger charge is 2.46. The van der Waals surface area contributed by atoms with Gasteiger partial charge in [-0.3, -0.25) is 9.69 Å². The van der Waals surface area contributed by atoms with Gasteiger partial charge in [0.1, 0.15) is 18.9 Å². The molecule has 37 heavy (non-hydrogen) atoms. The predicted octanol–water partition coefficient (Wildman–Crippen LogP) is 5.47. The summed E-state index contributed by atoms with van der Waals surface area (Å²) < 4.78 is 41.1. The van der Waals surface area contributed by atoms with Crippen molar-refractivity contribution in [1.82, 2.24) is 9.88 Å². The van der Waals surface area contributed by atoms with Crippen molar-refractivity contribution in [1.29, 1.82) is 0 Å². The number of pyridine rings is 1. The highest BCUT2D eigenvalue weighted by Crippen LogP contribution is 2.38. The van der Waals surface area contributed by atoms with Crippen molar-refractivity contribution in [2.24, 2.45) is 0 Å². The molecule has 1 aliphatic heterocycles. The second kappa shape index (κ2) is 11.3. The van der Waals surface area contributed by atoms with E-state index in [2.05, 4.69) is 4.98 Å². The van der Waals surface area contributed by atoms with Crippen LogP contribution in [0.15, 0.2) is 72.8 Å². The molecule has 1 saturated heterocycles. The normalized spacial score (nSPS) is 20.0. The fourth-order valence-corrected chi connectivity index (χ4v) is 5.00. The Hall–Kier alpha value is -3.52. The quantitative estimate of drug-likeness (QED) is 0.405. The lowest BCUT2D eigenvalue weighted by Gasteiger charge is -2.43. The second-order valence-electron chi connectivity index (χ2n) is 9.56. The fourth-order valence-electron chi connectivity index (χ4n) is 5.00. The van der Waals surface area contributed by atoms with Crippen molar-refractivity contribution in [2.45, 2.75) is 50.9 Å². The van der Waals surface area contributed by atoms with Crippen LogP contribution in [0.4, 0.5) is 14.5 Å². The Morgan fingerprint density at radius 2 is 1.54 bits per heavy atom. The summed E-state index contributed by atoms with van der Waals surface area (Å²) in [6.07, 6.45) is 1.60. The van der Waals surface area contributed by atoms with Crippen LogP contribution in [0.5, 0.6) is 11.8 Å². The fraction of sp³-hybridized carbons (Fsp3) is 0.379. The van der Waals surface area contributed by atoms with Gasteiger partial charge in [-0.15, -0.1) is 0 Å². The van der Waals surface area contributed by atoms with Gasteiger partial charge in [0.25, 0.3) is 5.92 Å². The third kappa shape index (κ3) is 6.07. The first-order chi connectivity index (χ1) is 18.0. The SMILES string of the molecule is O=C1CN(C2CCCCC2(F)F)CCN1c1ccc(OCc2ccccc2)nc1OCc1ccccc1. The number of hydrogen-bond acceptors (Lipinski definition) is 5.